The summed E-state index contributed by atoms with van der Waals surface area (Å²) in [6, 6.07) is -11.3. The number of hydrogen-bond donors (Lipinski definition) is 13. The van der Waals surface area contributed by atoms with E-state index in [0.717, 1.165) is 0 Å². The topological polar surface area (TPSA) is 392 Å². The summed E-state index contributed by atoms with van der Waals surface area (Å²) in [4.78, 5) is 124. The first kappa shape index (κ1) is 57.4. The highest BCUT2D eigenvalue weighted by molar-refractivity contribution is 5.98. The zero-order chi connectivity index (χ0) is 49.7. The molecule has 1 heterocycles. The minimum absolute atomic E-state index is 0.0445. The Balaban J connectivity index is 3.36. The zero-order valence-corrected chi connectivity index (χ0v) is 38.8. The number of hydrogen-bond acceptors (Lipinski definition) is 13. The Morgan fingerprint density at radius 3 is 1.66 bits per heavy atom. The third-order valence-electron chi connectivity index (χ3n) is 10.7. The van der Waals surface area contributed by atoms with Crippen LogP contribution in [0.25, 0.3) is 0 Å². The lowest BCUT2D eigenvalue weighted by Gasteiger charge is -2.32. The van der Waals surface area contributed by atoms with Crippen molar-refractivity contribution in [3.63, 3.8) is 0 Å². The van der Waals surface area contributed by atoms with Crippen LogP contribution in [0.4, 0.5) is 0 Å². The first-order chi connectivity index (χ1) is 30.4. The highest BCUT2D eigenvalue weighted by Gasteiger charge is 2.41. The van der Waals surface area contributed by atoms with Crippen molar-refractivity contribution < 1.29 is 58.5 Å². The zero-order valence-electron chi connectivity index (χ0n) is 38.8. The van der Waals surface area contributed by atoms with E-state index in [1.807, 2.05) is 0 Å². The molecule has 0 radical (unpaired) electrons. The van der Waals surface area contributed by atoms with Gasteiger partial charge in [-0.25, -0.2) is 0 Å². The molecule has 24 nitrogen and oxygen atoms in total. The number of nitrogens with zero attached hydrogens (tertiary/aromatic N) is 2. The predicted molar refractivity (Wildman–Crippen MR) is 238 cm³/mol. The number of aliphatic hydroxyl groups excluding tert-OH is 2. The van der Waals surface area contributed by atoms with Crippen molar-refractivity contribution in [3.05, 3.63) is 0 Å². The molecule has 24 heteroatoms. The average molecular weight is 927 g/mol. The van der Waals surface area contributed by atoms with Gasteiger partial charge in [-0.05, 0) is 70.1 Å². The van der Waals surface area contributed by atoms with E-state index in [1.165, 1.54) is 18.7 Å². The molecule has 8 amide bonds. The van der Waals surface area contributed by atoms with Crippen molar-refractivity contribution in [1.82, 2.24) is 42.1 Å². The number of carbonyl (C=O) groups excluding carboxylic acids is 8. The second-order valence-electron chi connectivity index (χ2n) is 17.3. The van der Waals surface area contributed by atoms with E-state index in [4.69, 9.17) is 17.2 Å². The molecule has 1 fully saturated rings. The number of aliphatic imine (C=N–C) groups is 1. The smallest absolute Gasteiger partial charge is 0.325 e. The van der Waals surface area contributed by atoms with Gasteiger partial charge in [-0.1, -0.05) is 48.0 Å². The molecular weight excluding hydrogens is 853 g/mol. The SMILES string of the molecule is CCC(C)C(NC(=O)C(CO)NC(=O)C(CCCN=C(N)N)NC(=O)C(CC(C)C)NC(=O)C(CC(C)C)NC(=O)C(C)NC(=O)C(N)CO)C(=O)N1CCCC1C(=O)NC(C)C(=O)O. The van der Waals surface area contributed by atoms with Crippen LogP contribution in [-0.2, 0) is 43.2 Å². The van der Waals surface area contributed by atoms with E-state index in [1.54, 1.807) is 41.5 Å². The Bertz CT molecular complexity index is 1680. The van der Waals surface area contributed by atoms with Gasteiger partial charge in [0.05, 0.1) is 13.2 Å². The highest BCUT2D eigenvalue weighted by atomic mass is 16.4. The molecule has 1 rings (SSSR count). The number of aliphatic hydroxyl groups is 2. The molecule has 1 aliphatic heterocycles. The summed E-state index contributed by atoms with van der Waals surface area (Å²) in [6.07, 6.45) is 1.38. The van der Waals surface area contributed by atoms with Gasteiger partial charge < -0.3 is 74.6 Å². The van der Waals surface area contributed by atoms with E-state index >= 15 is 0 Å². The fraction of sp³-hybridized carbons (Fsp3) is 0.756. The fourth-order valence-corrected chi connectivity index (χ4v) is 6.74. The number of likely N-dealkylation sites (tertiary alicyclic amines) is 1. The molecule has 0 saturated carbocycles. The second kappa shape index (κ2) is 28.3. The highest BCUT2D eigenvalue weighted by Crippen LogP contribution is 2.22. The molecule has 10 unspecified atom stereocenters. The summed E-state index contributed by atoms with van der Waals surface area (Å²) in [7, 11) is 0. The molecular formula is C41H74N12O12. The van der Waals surface area contributed by atoms with Crippen LogP contribution in [0.5, 0.6) is 0 Å². The van der Waals surface area contributed by atoms with E-state index < -0.39 is 127 Å². The normalized spacial score (nSPS) is 17.7. The lowest BCUT2D eigenvalue weighted by Crippen LogP contribution is -2.61. The number of guanidine groups is 1. The number of carboxylic acids is 1. The van der Waals surface area contributed by atoms with Crippen molar-refractivity contribution in [2.45, 2.75) is 155 Å². The fourth-order valence-electron chi connectivity index (χ4n) is 6.74. The number of rotatable bonds is 28. The molecule has 1 aliphatic rings. The third-order valence-corrected chi connectivity index (χ3v) is 10.7. The lowest BCUT2D eigenvalue weighted by molar-refractivity contribution is -0.145. The summed E-state index contributed by atoms with van der Waals surface area (Å²) in [5.41, 5.74) is 16.5. The Morgan fingerprint density at radius 2 is 1.17 bits per heavy atom. The third kappa shape index (κ3) is 19.6. The molecule has 0 aromatic heterocycles. The number of amides is 8. The molecule has 1 saturated heterocycles. The molecule has 16 N–H and O–H groups in total. The number of nitrogens with two attached hydrogens (primary N) is 3. The summed E-state index contributed by atoms with van der Waals surface area (Å²) in [5.74, 6) is -8.45. The van der Waals surface area contributed by atoms with E-state index in [-0.39, 0.29) is 63.0 Å². The summed E-state index contributed by atoms with van der Waals surface area (Å²) < 4.78 is 0. The van der Waals surface area contributed by atoms with Gasteiger partial charge in [-0.15, -0.1) is 0 Å². The maximum Gasteiger partial charge on any atom is 0.325 e. The quantitative estimate of drug-likeness (QED) is 0.0202. The van der Waals surface area contributed by atoms with Crippen molar-refractivity contribution >= 4 is 59.2 Å². The summed E-state index contributed by atoms with van der Waals surface area (Å²) in [6.45, 7) is 11.9. The molecule has 0 spiro atoms. The van der Waals surface area contributed by atoms with E-state index in [2.05, 4.69) is 42.2 Å². The van der Waals surface area contributed by atoms with Crippen LogP contribution in [-0.4, -0.2) is 160 Å². The van der Waals surface area contributed by atoms with Gasteiger partial charge in [-0.3, -0.25) is 48.1 Å². The van der Waals surface area contributed by atoms with E-state index in [0.29, 0.717) is 12.8 Å². The van der Waals surface area contributed by atoms with Crippen LogP contribution in [0, 0.1) is 17.8 Å². The van der Waals surface area contributed by atoms with Crippen LogP contribution in [0.2, 0.25) is 0 Å². The molecule has 0 aromatic rings. The maximum atomic E-state index is 14.0. The lowest BCUT2D eigenvalue weighted by atomic mass is 9.96. The number of aliphatic carboxylic acids is 1. The molecule has 0 aliphatic carbocycles. The van der Waals surface area contributed by atoms with Crippen LogP contribution in [0.1, 0.15) is 100 Å². The largest absolute Gasteiger partial charge is 0.480 e. The number of carbonyl (C=O) groups is 9. The predicted octanol–water partition coefficient (Wildman–Crippen LogP) is -4.00. The number of nitrogens with one attached hydrogen (secondary N) is 7. The first-order valence-electron chi connectivity index (χ1n) is 22.1. The maximum absolute atomic E-state index is 14.0. The Labute approximate surface area is 380 Å². The van der Waals surface area contributed by atoms with Crippen LogP contribution < -0.4 is 54.4 Å². The van der Waals surface area contributed by atoms with Crippen LogP contribution in [0.3, 0.4) is 0 Å². The van der Waals surface area contributed by atoms with Crippen LogP contribution >= 0.6 is 0 Å². The standard InChI is InChI=1S/C41H74N12O12/c1-9-22(6)31(39(63)53-15-11-13-30(53)38(62)47-24(8)40(64)65)52-37(61)29(19-55)51-34(58)26(12-10-14-45-41(43)44)48-35(59)28(17-21(4)5)50-36(60)27(16-20(2)3)49-32(56)23(7)46-33(57)25(42)18-54/h20-31,54-55H,9-19,42H2,1-8H3,(H,46,57)(H,47,62)(H,48,59)(H,49,56)(H,50,60)(H,51,58)(H,52,61)(H,64,65)(H4,43,44,45). The van der Waals surface area contributed by atoms with Gasteiger partial charge in [0, 0.05) is 13.1 Å². The monoisotopic (exact) mass is 927 g/mol. The van der Waals surface area contributed by atoms with Crippen molar-refractivity contribution in [2.75, 3.05) is 26.3 Å². The Hall–Kier alpha value is -5.62. The van der Waals surface area contributed by atoms with Crippen molar-refractivity contribution in [3.8, 4) is 0 Å². The van der Waals surface area contributed by atoms with Gasteiger partial charge in [0.1, 0.15) is 54.4 Å². The summed E-state index contributed by atoms with van der Waals surface area (Å²) >= 11 is 0. The minimum atomic E-state index is -1.63. The van der Waals surface area contributed by atoms with Gasteiger partial charge in [0.25, 0.3) is 0 Å². The second-order valence-corrected chi connectivity index (χ2v) is 17.3. The van der Waals surface area contributed by atoms with Gasteiger partial charge >= 0.3 is 5.97 Å². The summed E-state index contributed by atoms with van der Waals surface area (Å²) in [5, 5.41) is 46.5. The van der Waals surface area contributed by atoms with Gasteiger partial charge in [0.2, 0.25) is 47.3 Å². The molecule has 0 aromatic carbocycles. The van der Waals surface area contributed by atoms with Crippen LogP contribution in [0.15, 0.2) is 4.99 Å². The van der Waals surface area contributed by atoms with Crippen molar-refractivity contribution in [1.29, 1.82) is 0 Å². The first-order valence-corrected chi connectivity index (χ1v) is 22.1. The van der Waals surface area contributed by atoms with E-state index in [9.17, 15) is 58.5 Å². The Morgan fingerprint density at radius 1 is 0.662 bits per heavy atom. The van der Waals surface area contributed by atoms with Gasteiger partial charge in [0.15, 0.2) is 5.96 Å². The minimum Gasteiger partial charge on any atom is -0.480 e. The molecule has 65 heavy (non-hydrogen) atoms. The average Bonchev–Trinajstić information content (AvgIpc) is 3.74. The molecule has 370 valence electrons. The molecule has 10 atom stereocenters. The van der Waals surface area contributed by atoms with Gasteiger partial charge in [-0.2, -0.15) is 0 Å². The molecule has 0 bridgehead atoms. The number of carboxylic acid groups (broad SMARTS) is 1. The Kier molecular flexibility index (Phi) is 25.0. The van der Waals surface area contributed by atoms with Crippen molar-refractivity contribution in [2.24, 2.45) is 39.9 Å².